The van der Waals surface area contributed by atoms with E-state index < -0.39 is 0 Å². The van der Waals surface area contributed by atoms with E-state index in [1.54, 1.807) is 0 Å². The van der Waals surface area contributed by atoms with Crippen LogP contribution < -0.4 is 9.64 Å². The van der Waals surface area contributed by atoms with Crippen molar-refractivity contribution >= 4 is 17.1 Å². The Bertz CT molecular complexity index is 2330. The molecule has 8 aromatic carbocycles. The van der Waals surface area contributed by atoms with Gasteiger partial charge >= 0.3 is 0 Å². The van der Waals surface area contributed by atoms with Crippen molar-refractivity contribution < 1.29 is 4.74 Å². The zero-order chi connectivity index (χ0) is 33.3. The lowest BCUT2D eigenvalue weighted by atomic mass is 9.92. The highest BCUT2D eigenvalue weighted by molar-refractivity contribution is 5.94. The minimum atomic E-state index is 0.839. The molecule has 0 unspecified atom stereocenters. The molecule has 0 amide bonds. The molecule has 0 atom stereocenters. The molecule has 1 aliphatic heterocycles. The highest BCUT2D eigenvalue weighted by atomic mass is 16.5. The van der Waals surface area contributed by atoms with E-state index in [4.69, 9.17) is 4.74 Å². The number of ether oxygens (including phenoxy) is 1. The van der Waals surface area contributed by atoms with Gasteiger partial charge in [-0.3, -0.25) is 0 Å². The fourth-order valence-electron chi connectivity index (χ4n) is 6.98. The summed E-state index contributed by atoms with van der Waals surface area (Å²) in [5, 5.41) is 0. The van der Waals surface area contributed by atoms with Crippen LogP contribution in [0.15, 0.2) is 200 Å². The van der Waals surface area contributed by atoms with E-state index >= 15 is 0 Å². The van der Waals surface area contributed by atoms with E-state index in [9.17, 15) is 0 Å². The molecule has 0 spiro atoms. The number of nitrogens with zero attached hydrogens (tertiary/aromatic N) is 1. The molecule has 50 heavy (non-hydrogen) atoms. The predicted octanol–water partition coefficient (Wildman–Crippen LogP) is 13.6. The zero-order valence-corrected chi connectivity index (χ0v) is 27.4. The first kappa shape index (κ1) is 29.5. The zero-order valence-electron chi connectivity index (χ0n) is 27.4. The molecule has 1 aliphatic rings. The van der Waals surface area contributed by atoms with Gasteiger partial charge in [-0.1, -0.05) is 146 Å². The Morgan fingerprint density at radius 1 is 0.260 bits per heavy atom. The van der Waals surface area contributed by atoms with Crippen molar-refractivity contribution in [2.45, 2.75) is 0 Å². The van der Waals surface area contributed by atoms with Crippen LogP contribution in [0, 0.1) is 0 Å². The van der Waals surface area contributed by atoms with Gasteiger partial charge in [0.05, 0.1) is 0 Å². The lowest BCUT2D eigenvalue weighted by Crippen LogP contribution is -2.10. The van der Waals surface area contributed by atoms with E-state index in [0.717, 1.165) is 50.8 Å². The Morgan fingerprint density at radius 3 is 1.12 bits per heavy atom. The maximum atomic E-state index is 6.73. The molecule has 1 heterocycles. The average molecular weight is 640 g/mol. The Labute approximate surface area is 293 Å². The summed E-state index contributed by atoms with van der Waals surface area (Å²) in [6, 6.07) is 71.0. The molecular formula is C48H33NO. The second-order valence-electron chi connectivity index (χ2n) is 12.6. The number of hydrogen-bond donors (Lipinski definition) is 0. The van der Waals surface area contributed by atoms with E-state index in [2.05, 4.69) is 205 Å². The van der Waals surface area contributed by atoms with Gasteiger partial charge in [0.25, 0.3) is 0 Å². The predicted molar refractivity (Wildman–Crippen MR) is 208 cm³/mol. The monoisotopic (exact) mass is 639 g/mol. The summed E-state index contributed by atoms with van der Waals surface area (Å²) < 4.78 is 6.73. The van der Waals surface area contributed by atoms with Gasteiger partial charge in [-0.2, -0.15) is 0 Å². The minimum absolute atomic E-state index is 0.839. The van der Waals surface area contributed by atoms with E-state index in [1.807, 2.05) is 0 Å². The van der Waals surface area contributed by atoms with Crippen molar-refractivity contribution in [1.82, 2.24) is 0 Å². The molecule has 8 aromatic rings. The smallest absolute Gasteiger partial charge is 0.135 e. The summed E-state index contributed by atoms with van der Waals surface area (Å²) in [6.07, 6.45) is 0. The van der Waals surface area contributed by atoms with E-state index in [0.29, 0.717) is 0 Å². The first-order valence-corrected chi connectivity index (χ1v) is 17.0. The highest BCUT2D eigenvalue weighted by Gasteiger charge is 2.23. The quantitative estimate of drug-likeness (QED) is 0.179. The van der Waals surface area contributed by atoms with Gasteiger partial charge < -0.3 is 9.64 Å². The lowest BCUT2D eigenvalue weighted by Gasteiger charge is -2.27. The van der Waals surface area contributed by atoms with Gasteiger partial charge in [-0.25, -0.2) is 0 Å². The van der Waals surface area contributed by atoms with E-state index in [-0.39, 0.29) is 0 Å². The third-order valence-corrected chi connectivity index (χ3v) is 9.50. The van der Waals surface area contributed by atoms with Crippen LogP contribution in [0.1, 0.15) is 0 Å². The molecule has 0 N–H and O–H groups in total. The molecule has 2 heteroatoms. The Morgan fingerprint density at radius 2 is 0.620 bits per heavy atom. The number of anilines is 3. The Balaban J connectivity index is 1.17. The topological polar surface area (TPSA) is 12.5 Å². The fourth-order valence-corrected chi connectivity index (χ4v) is 6.98. The van der Waals surface area contributed by atoms with Crippen LogP contribution in [0.2, 0.25) is 0 Å². The van der Waals surface area contributed by atoms with Crippen LogP contribution in [0.25, 0.3) is 55.6 Å². The molecule has 0 fully saturated rings. The van der Waals surface area contributed by atoms with Crippen molar-refractivity contribution in [1.29, 1.82) is 0 Å². The fraction of sp³-hybridized carbons (Fsp3) is 0. The number of fused-ring (bicyclic) bond motifs is 5. The minimum Gasteiger partial charge on any atom is -0.456 e. The SMILES string of the molecule is c1ccc(-c2ccc(N(c3ccc(-c4ccccc4)cc3)c3ccc4c(c3)-c3ccccc3-c3cc(-c5ccccc5)ccc3O4)cc2)cc1. The average Bonchev–Trinajstić information content (AvgIpc) is 3.34. The molecule has 0 aromatic heterocycles. The van der Waals surface area contributed by atoms with Gasteiger partial charge in [0.1, 0.15) is 11.5 Å². The Kier molecular flexibility index (Phi) is 7.53. The standard InChI is InChI=1S/C48H33NO/c1-4-12-34(13-5-1)37-20-25-40(26-21-37)49(41-27-22-38(23-28-41)35-14-6-2-7-15-35)42-29-31-48-46(33-42)44-19-11-10-18-43(44)45-32-39(24-30-47(45)50-48)36-16-8-3-9-17-36/h1-33H. The summed E-state index contributed by atoms with van der Waals surface area (Å²) in [5.41, 5.74) is 14.8. The van der Waals surface area contributed by atoms with Gasteiger partial charge in [-0.15, -0.1) is 0 Å². The summed E-state index contributed by atoms with van der Waals surface area (Å²) in [7, 11) is 0. The number of hydrogen-bond acceptors (Lipinski definition) is 2. The van der Waals surface area contributed by atoms with Crippen LogP contribution in [0.4, 0.5) is 17.1 Å². The molecule has 236 valence electrons. The number of benzene rings is 8. The largest absolute Gasteiger partial charge is 0.456 e. The summed E-state index contributed by atoms with van der Waals surface area (Å²) >= 11 is 0. The molecule has 2 nitrogen and oxygen atoms in total. The molecule has 9 rings (SSSR count). The normalized spacial score (nSPS) is 11.4. The molecule has 0 bridgehead atoms. The first-order chi connectivity index (χ1) is 24.8. The third-order valence-electron chi connectivity index (χ3n) is 9.50. The lowest BCUT2D eigenvalue weighted by molar-refractivity contribution is 0.488. The van der Waals surface area contributed by atoms with Crippen molar-refractivity contribution in [2.24, 2.45) is 0 Å². The van der Waals surface area contributed by atoms with Crippen molar-refractivity contribution in [3.8, 4) is 67.1 Å². The third kappa shape index (κ3) is 5.53. The second-order valence-corrected chi connectivity index (χ2v) is 12.6. The van der Waals surface area contributed by atoms with Crippen LogP contribution in [-0.2, 0) is 0 Å². The van der Waals surface area contributed by atoms with E-state index in [1.165, 1.54) is 33.4 Å². The molecule has 0 aliphatic carbocycles. The maximum Gasteiger partial charge on any atom is 0.135 e. The second kappa shape index (κ2) is 12.8. The van der Waals surface area contributed by atoms with Crippen molar-refractivity contribution in [3.05, 3.63) is 200 Å². The van der Waals surface area contributed by atoms with Crippen molar-refractivity contribution in [3.63, 3.8) is 0 Å². The van der Waals surface area contributed by atoms with Crippen LogP contribution in [-0.4, -0.2) is 0 Å². The summed E-state index contributed by atoms with van der Waals surface area (Å²) in [5.74, 6) is 1.69. The van der Waals surface area contributed by atoms with Gasteiger partial charge in [-0.05, 0) is 99.1 Å². The van der Waals surface area contributed by atoms with Gasteiger partial charge in [0.15, 0.2) is 0 Å². The Hall–Kier alpha value is -6.64. The maximum absolute atomic E-state index is 6.73. The van der Waals surface area contributed by atoms with Gasteiger partial charge in [0, 0.05) is 28.2 Å². The summed E-state index contributed by atoms with van der Waals surface area (Å²) in [6.45, 7) is 0. The molecular weight excluding hydrogens is 607 g/mol. The van der Waals surface area contributed by atoms with Crippen LogP contribution >= 0.6 is 0 Å². The molecule has 0 radical (unpaired) electrons. The van der Waals surface area contributed by atoms with Crippen molar-refractivity contribution in [2.75, 3.05) is 4.90 Å². The van der Waals surface area contributed by atoms with Crippen LogP contribution in [0.3, 0.4) is 0 Å². The van der Waals surface area contributed by atoms with Crippen LogP contribution in [0.5, 0.6) is 11.5 Å². The first-order valence-electron chi connectivity index (χ1n) is 17.0. The highest BCUT2D eigenvalue weighted by Crippen LogP contribution is 2.49. The molecule has 0 saturated heterocycles. The molecule has 0 saturated carbocycles. The van der Waals surface area contributed by atoms with Gasteiger partial charge in [0.2, 0.25) is 0 Å². The number of rotatable bonds is 6. The summed E-state index contributed by atoms with van der Waals surface area (Å²) in [4.78, 5) is 2.33.